The number of aryl methyl sites for hydroxylation is 6. The molecule has 410 valence electrons. The Morgan fingerprint density at radius 2 is 1.11 bits per heavy atom. The van der Waals surface area contributed by atoms with Crippen LogP contribution < -0.4 is 85.5 Å². The van der Waals surface area contributed by atoms with Crippen LogP contribution in [0.1, 0.15) is 24.5 Å². The molecule has 0 unspecified atom stereocenters. The topological polar surface area (TPSA) is 328 Å². The number of rotatable bonds is 11. The first kappa shape index (κ1) is 68.7. The molecule has 0 fully saturated rings. The van der Waals surface area contributed by atoms with Gasteiger partial charge in [0.2, 0.25) is 17.2 Å². The number of aromatic hydroxyl groups is 2. The van der Waals surface area contributed by atoms with Crippen LogP contribution in [0.4, 0.5) is 42.1 Å². The zero-order chi connectivity index (χ0) is 58.0. The smallest absolute Gasteiger partial charge is 1.00 e. The van der Waals surface area contributed by atoms with Gasteiger partial charge in [-0.25, -0.2) is 43.1 Å². The molecule has 0 saturated heterocycles. The Hall–Kier alpha value is -8.44. The number of halogens is 4. The number of aromatic nitrogens is 12. The predicted molar refractivity (Wildman–Crippen MR) is 285 cm³/mol. The molecule has 6 heterocycles. The number of carbonyl (C=O) groups is 1. The number of phenolic OH excluding ortho intramolecular Hbond substituents is 2. The van der Waals surface area contributed by atoms with Crippen LogP contribution in [-0.4, -0.2) is 82.5 Å². The number of nitrogens with zero attached hydrogens (tertiary/aromatic N) is 14. The fourth-order valence-electron chi connectivity index (χ4n) is 6.25. The molecule has 0 radical (unpaired) electrons. The number of hydrogen-bond donors (Lipinski definition) is 5. The van der Waals surface area contributed by atoms with Crippen molar-refractivity contribution in [2.24, 2.45) is 21.1 Å². The van der Waals surface area contributed by atoms with Crippen LogP contribution in [0, 0.1) is 60.9 Å². The van der Waals surface area contributed by atoms with Crippen molar-refractivity contribution >= 4 is 47.0 Å². The van der Waals surface area contributed by atoms with Crippen molar-refractivity contribution < 1.29 is 104 Å². The van der Waals surface area contributed by atoms with E-state index in [0.29, 0.717) is 51.4 Å². The molecule has 0 aliphatic heterocycles. The Kier molecular flexibility index (Phi) is 29.9. The molecule has 29 heteroatoms. The Balaban J connectivity index is 0.000000544. The summed E-state index contributed by atoms with van der Waals surface area (Å²) in [6.45, 7) is 8.59. The third kappa shape index (κ3) is 22.7. The van der Waals surface area contributed by atoms with Crippen molar-refractivity contribution in [1.82, 2.24) is 59.2 Å². The maximum Gasteiger partial charge on any atom is 1.00 e. The second-order valence-corrected chi connectivity index (χ2v) is 16.2. The number of allylic oxidation sites excluding steroid dienone is 1. The van der Waals surface area contributed by atoms with Crippen LogP contribution in [0.15, 0.2) is 123 Å². The third-order valence-electron chi connectivity index (χ3n) is 9.78. The number of hydrogen-bond acceptors (Lipinski definition) is 20. The standard InChI is InChI=1S/C18H17FN6O.C15H14FN5O.C11H8ClFN2O.C4H7N3.C3H3N.CH2O3.2Na.H/c1-12-9-21-18(23-14-10-22-25(2)11-14)24-17(12)13-4-5-16(15(19)8-13)26-7-3-6-20;1-9-6-17-15(19-11-7-18-21(2)8-11)20-14(9)10-3-4-13(22)12(16)5-10;1-6-5-14-11(12)15-10(6)7-2-3-9(16)8(13)4-7;1-7-3-4(5)2-6-7;1-2-3-4;2-1-4-3;;;/h4-5,8-11H,3,7H2,1-2H3,(H,21,23,24);3-8,22H,1-2H3,(H,17,19,20);2-5,16H,1H3;2-3H,5H2,1H3;2H,1H2;1,3H;;;/q;;;;;;2*+1;-1/p-1. The third-order valence-corrected chi connectivity index (χ3v) is 9.96. The number of nitrogens with two attached hydrogens (primary N) is 1. The molecule has 23 nitrogen and oxygen atoms in total. The summed E-state index contributed by atoms with van der Waals surface area (Å²) in [5.41, 5.74) is 13.4. The van der Waals surface area contributed by atoms with Crippen LogP contribution >= 0.6 is 11.6 Å². The number of benzene rings is 3. The van der Waals surface area contributed by atoms with Crippen molar-refractivity contribution in [2.45, 2.75) is 27.2 Å². The monoisotopic (exact) mass is 1150 g/mol. The molecule has 6 N–H and O–H groups in total. The van der Waals surface area contributed by atoms with Gasteiger partial charge in [0.25, 0.3) is 6.47 Å². The number of nitrogens with one attached hydrogen (secondary N) is 2. The van der Waals surface area contributed by atoms with Crippen molar-refractivity contribution in [3.05, 3.63) is 162 Å². The Labute approximate surface area is 513 Å². The van der Waals surface area contributed by atoms with E-state index < -0.39 is 17.5 Å². The molecule has 0 aliphatic carbocycles. The van der Waals surface area contributed by atoms with Crippen LogP contribution in [-0.2, 0) is 30.8 Å². The molecule has 0 bridgehead atoms. The molecule has 0 spiro atoms. The summed E-state index contributed by atoms with van der Waals surface area (Å²) in [6.07, 6.45) is 16.6. The molecule has 9 rings (SSSR count). The summed E-state index contributed by atoms with van der Waals surface area (Å²) in [7, 11) is 5.46. The van der Waals surface area contributed by atoms with E-state index in [1.165, 1.54) is 42.5 Å². The average Bonchev–Trinajstić information content (AvgIpc) is 4.24. The van der Waals surface area contributed by atoms with Crippen molar-refractivity contribution in [1.29, 1.82) is 10.5 Å². The molecule has 0 aliphatic rings. The number of nitrogen functional groups attached to an aromatic ring is 1. The van der Waals surface area contributed by atoms with Gasteiger partial charge >= 0.3 is 59.1 Å². The van der Waals surface area contributed by atoms with Gasteiger partial charge in [-0.1, -0.05) is 6.58 Å². The van der Waals surface area contributed by atoms with Crippen LogP contribution in [0.2, 0.25) is 5.28 Å². The Morgan fingerprint density at radius 3 is 1.46 bits per heavy atom. The number of phenols is 2. The normalized spacial score (nSPS) is 9.54. The Morgan fingerprint density at radius 1 is 0.704 bits per heavy atom. The van der Waals surface area contributed by atoms with Gasteiger partial charge in [-0.05, 0) is 104 Å². The summed E-state index contributed by atoms with van der Waals surface area (Å²) in [4.78, 5) is 36.4. The van der Waals surface area contributed by atoms with Gasteiger partial charge < -0.3 is 42.9 Å². The molecule has 3 aromatic carbocycles. The first-order chi connectivity index (χ1) is 37.8. The van der Waals surface area contributed by atoms with Crippen molar-refractivity contribution in [2.75, 3.05) is 23.0 Å². The van der Waals surface area contributed by atoms with Crippen LogP contribution in [0.5, 0.6) is 17.2 Å². The second-order valence-electron chi connectivity index (χ2n) is 15.9. The quantitative estimate of drug-likeness (QED) is 0.0236. The maximum absolute atomic E-state index is 14.3. The molecule has 0 atom stereocenters. The van der Waals surface area contributed by atoms with Crippen LogP contribution in [0.25, 0.3) is 33.8 Å². The van der Waals surface area contributed by atoms with Crippen molar-refractivity contribution in [3.8, 4) is 63.2 Å². The number of ether oxygens (including phenoxy) is 1. The first-order valence-electron chi connectivity index (χ1n) is 22.7. The average molecular weight is 1150 g/mol. The number of anilines is 5. The maximum atomic E-state index is 14.3. The van der Waals surface area contributed by atoms with Gasteiger partial charge in [0.15, 0.2) is 34.7 Å². The van der Waals surface area contributed by atoms with Gasteiger partial charge in [0.1, 0.15) is 6.61 Å². The van der Waals surface area contributed by atoms with Crippen LogP contribution in [0.3, 0.4) is 0 Å². The predicted octanol–water partition coefficient (Wildman–Crippen LogP) is 2.34. The first-order valence-corrected chi connectivity index (χ1v) is 23.1. The van der Waals surface area contributed by atoms with E-state index in [0.717, 1.165) is 28.1 Å². The largest absolute Gasteiger partial charge is 1.00 e. The minimum absolute atomic E-state index is 0. The van der Waals surface area contributed by atoms with Gasteiger partial charge in [0.05, 0.1) is 71.3 Å². The SMILES string of the molecule is C=CC#N.Cc1cnc(Cl)nc1-c1ccc(O)c(F)c1.Cc1cnc(Nc2cnn(C)c2)nc1-c1ccc(O)c(F)c1.Cc1cnc(Nc2cnn(C)c2)nc1-c1ccc(OCCC#N)c(F)c1.Cn1cc(N)cn1.O=CO[O-].[H-].[Na+].[Na+]. The minimum Gasteiger partial charge on any atom is -1.00 e. The molecule has 0 saturated carbocycles. The van der Waals surface area contributed by atoms with Gasteiger partial charge in [0, 0.05) is 81.1 Å². The molecular formula is C52H51ClF3N17Na2O6. The second kappa shape index (κ2) is 35.2. The fourth-order valence-corrected chi connectivity index (χ4v) is 6.39. The number of nitriles is 2. The molecule has 6 aromatic heterocycles. The summed E-state index contributed by atoms with van der Waals surface area (Å²) in [6, 6.07) is 16.5. The summed E-state index contributed by atoms with van der Waals surface area (Å²) in [5.74, 6) is -1.74. The summed E-state index contributed by atoms with van der Waals surface area (Å²) in [5, 5.41) is 61.0. The van der Waals surface area contributed by atoms with Crippen molar-refractivity contribution in [3.63, 3.8) is 0 Å². The Bertz CT molecular complexity index is 3550. The van der Waals surface area contributed by atoms with E-state index in [2.05, 4.69) is 67.3 Å². The van der Waals surface area contributed by atoms with E-state index >= 15 is 0 Å². The van der Waals surface area contributed by atoms with E-state index in [1.807, 2.05) is 41.1 Å². The minimum atomic E-state index is -0.688. The zero-order valence-electron chi connectivity index (χ0n) is 46.0. The molecule has 81 heavy (non-hydrogen) atoms. The summed E-state index contributed by atoms with van der Waals surface area (Å²) < 4.78 is 51.2. The zero-order valence-corrected chi connectivity index (χ0v) is 49.8. The summed E-state index contributed by atoms with van der Waals surface area (Å²) >= 11 is 5.67. The van der Waals surface area contributed by atoms with E-state index in [1.54, 1.807) is 101 Å². The molecular weight excluding hydrogens is 1100 g/mol. The van der Waals surface area contributed by atoms with E-state index in [4.69, 9.17) is 47.8 Å². The van der Waals surface area contributed by atoms with Gasteiger partial charge in [-0.15, -0.1) is 0 Å². The molecule has 0 amide bonds. The van der Waals surface area contributed by atoms with E-state index in [9.17, 15) is 18.3 Å². The van der Waals surface area contributed by atoms with Gasteiger partial charge in [-0.3, -0.25) is 18.8 Å². The van der Waals surface area contributed by atoms with Gasteiger partial charge in [-0.2, -0.15) is 25.8 Å². The number of carbonyl (C=O) groups excluding carboxylic acids is 1. The fraction of sp³-hybridized carbons (Fsp3) is 0.154. The molecule has 9 aromatic rings. The van der Waals surface area contributed by atoms with E-state index in [-0.39, 0.29) is 103 Å².